The van der Waals surface area contributed by atoms with Crippen molar-refractivity contribution in [2.24, 2.45) is 10.9 Å². The van der Waals surface area contributed by atoms with Crippen LogP contribution in [0, 0.1) is 5.92 Å². The molecule has 4 nitrogen and oxygen atoms in total. The molecule has 1 N–H and O–H groups in total. The predicted octanol–water partition coefficient (Wildman–Crippen LogP) is 1.76. The minimum absolute atomic E-state index is 0.591. The van der Waals surface area contributed by atoms with Gasteiger partial charge in [-0.25, -0.2) is 0 Å². The van der Waals surface area contributed by atoms with Crippen molar-refractivity contribution in [2.75, 3.05) is 39.2 Å². The second kappa shape index (κ2) is 8.78. The van der Waals surface area contributed by atoms with Gasteiger partial charge in [0.1, 0.15) is 0 Å². The average Bonchev–Trinajstić information content (AvgIpc) is 2.70. The quantitative estimate of drug-likeness (QED) is 0.675. The van der Waals surface area contributed by atoms with Crippen molar-refractivity contribution in [1.82, 2.24) is 5.32 Å². The number of ether oxygens (including phenoxy) is 2. The summed E-state index contributed by atoms with van der Waals surface area (Å²) in [6.07, 6.45) is 1.22. The molecule has 1 heterocycles. The average molecular weight is 260 g/mol. The lowest BCUT2D eigenvalue weighted by atomic mass is 10.1. The molecule has 0 aliphatic carbocycles. The van der Waals surface area contributed by atoms with Crippen molar-refractivity contribution in [3.8, 4) is 0 Å². The fourth-order valence-corrected chi connectivity index (χ4v) is 2.69. The Morgan fingerprint density at radius 3 is 2.94 bits per heavy atom. The van der Waals surface area contributed by atoms with Gasteiger partial charge in [-0.1, -0.05) is 25.6 Å². The van der Waals surface area contributed by atoms with E-state index < -0.39 is 0 Å². The fourth-order valence-electron chi connectivity index (χ4n) is 1.68. The smallest absolute Gasteiger partial charge is 0.156 e. The Balaban J connectivity index is 2.07. The number of nitrogens with one attached hydrogen (secondary N) is 1. The summed E-state index contributed by atoms with van der Waals surface area (Å²) in [7, 11) is 1.68. The van der Waals surface area contributed by atoms with E-state index in [1.807, 2.05) is 11.8 Å². The molecule has 0 bridgehead atoms. The first-order valence-electron chi connectivity index (χ1n) is 6.23. The van der Waals surface area contributed by atoms with Crippen molar-refractivity contribution in [2.45, 2.75) is 26.3 Å². The summed E-state index contributed by atoms with van der Waals surface area (Å²) in [5, 5.41) is 4.53. The topological polar surface area (TPSA) is 42.9 Å². The molecule has 0 aromatic rings. The zero-order valence-electron chi connectivity index (χ0n) is 11.1. The van der Waals surface area contributed by atoms with Crippen LogP contribution >= 0.6 is 11.8 Å². The van der Waals surface area contributed by atoms with Crippen LogP contribution in [-0.2, 0) is 9.47 Å². The molecular weight excluding hydrogens is 236 g/mol. The van der Waals surface area contributed by atoms with Gasteiger partial charge in [-0.15, -0.1) is 0 Å². The van der Waals surface area contributed by atoms with E-state index in [9.17, 15) is 0 Å². The molecule has 17 heavy (non-hydrogen) atoms. The van der Waals surface area contributed by atoms with Gasteiger partial charge in [0.15, 0.2) is 5.17 Å². The number of methoxy groups -OCH3 is 1. The SMILES string of the molecule is COCCOCCN=C1NC(CC(C)C)CS1. The van der Waals surface area contributed by atoms with Crippen LogP contribution in [0.1, 0.15) is 20.3 Å². The monoisotopic (exact) mass is 260 g/mol. The highest BCUT2D eigenvalue weighted by Crippen LogP contribution is 2.18. The van der Waals surface area contributed by atoms with E-state index in [2.05, 4.69) is 24.2 Å². The lowest BCUT2D eigenvalue weighted by Gasteiger charge is -2.11. The summed E-state index contributed by atoms with van der Waals surface area (Å²) in [5.41, 5.74) is 0. The molecule has 0 saturated carbocycles. The maximum absolute atomic E-state index is 5.36. The summed E-state index contributed by atoms with van der Waals surface area (Å²) in [6, 6.07) is 0.591. The number of hydrogen-bond acceptors (Lipinski definition) is 4. The van der Waals surface area contributed by atoms with E-state index in [-0.39, 0.29) is 0 Å². The van der Waals surface area contributed by atoms with Gasteiger partial charge in [0.05, 0.1) is 26.4 Å². The van der Waals surface area contributed by atoms with Crippen molar-refractivity contribution < 1.29 is 9.47 Å². The molecule has 0 radical (unpaired) electrons. The first kappa shape index (κ1) is 14.8. The molecular formula is C12H24N2O2S. The zero-order chi connectivity index (χ0) is 12.5. The Morgan fingerprint density at radius 1 is 1.41 bits per heavy atom. The van der Waals surface area contributed by atoms with Gasteiger partial charge in [0, 0.05) is 18.9 Å². The fraction of sp³-hybridized carbons (Fsp3) is 0.917. The molecule has 1 aliphatic heterocycles. The van der Waals surface area contributed by atoms with Crippen LogP contribution in [0.15, 0.2) is 4.99 Å². The lowest BCUT2D eigenvalue weighted by Crippen LogP contribution is -2.28. The molecule has 100 valence electrons. The highest BCUT2D eigenvalue weighted by Gasteiger charge is 2.20. The molecule has 5 heteroatoms. The van der Waals surface area contributed by atoms with Crippen LogP contribution in [0.2, 0.25) is 0 Å². The van der Waals surface area contributed by atoms with Gasteiger partial charge >= 0.3 is 0 Å². The molecule has 0 spiro atoms. The number of aliphatic imine (C=N–C) groups is 1. The number of nitrogens with zero attached hydrogens (tertiary/aromatic N) is 1. The van der Waals surface area contributed by atoms with E-state index in [1.54, 1.807) is 7.11 Å². The van der Waals surface area contributed by atoms with Crippen LogP contribution in [0.4, 0.5) is 0 Å². The molecule has 1 fully saturated rings. The number of thioether (sulfide) groups is 1. The third kappa shape index (κ3) is 6.91. The Labute approximate surface area is 109 Å². The molecule has 1 aliphatic rings. The second-order valence-electron chi connectivity index (χ2n) is 4.57. The van der Waals surface area contributed by atoms with Crippen LogP contribution in [0.25, 0.3) is 0 Å². The molecule has 1 atom stereocenters. The van der Waals surface area contributed by atoms with Gasteiger partial charge in [-0.3, -0.25) is 4.99 Å². The highest BCUT2D eigenvalue weighted by molar-refractivity contribution is 8.14. The Morgan fingerprint density at radius 2 is 2.24 bits per heavy atom. The molecule has 0 aromatic carbocycles. The zero-order valence-corrected chi connectivity index (χ0v) is 11.9. The lowest BCUT2D eigenvalue weighted by molar-refractivity contribution is 0.0748. The molecule has 1 rings (SSSR count). The third-order valence-corrected chi connectivity index (χ3v) is 3.52. The number of hydrogen-bond donors (Lipinski definition) is 1. The second-order valence-corrected chi connectivity index (χ2v) is 5.58. The van der Waals surface area contributed by atoms with Crippen molar-refractivity contribution in [3.05, 3.63) is 0 Å². The van der Waals surface area contributed by atoms with E-state index >= 15 is 0 Å². The largest absolute Gasteiger partial charge is 0.382 e. The first-order chi connectivity index (χ1) is 8.22. The predicted molar refractivity (Wildman–Crippen MR) is 73.8 cm³/mol. The number of rotatable bonds is 8. The maximum Gasteiger partial charge on any atom is 0.156 e. The van der Waals surface area contributed by atoms with Crippen molar-refractivity contribution in [1.29, 1.82) is 0 Å². The van der Waals surface area contributed by atoms with Gasteiger partial charge in [-0.2, -0.15) is 0 Å². The third-order valence-electron chi connectivity index (χ3n) is 2.43. The summed E-state index contributed by atoms with van der Waals surface area (Å²) < 4.78 is 10.3. The van der Waals surface area contributed by atoms with E-state index in [0.717, 1.165) is 23.4 Å². The molecule has 0 amide bonds. The van der Waals surface area contributed by atoms with Crippen molar-refractivity contribution >= 4 is 16.9 Å². The summed E-state index contributed by atoms with van der Waals surface area (Å²) in [4.78, 5) is 4.48. The van der Waals surface area contributed by atoms with Crippen molar-refractivity contribution in [3.63, 3.8) is 0 Å². The number of amidine groups is 1. The van der Waals surface area contributed by atoms with Crippen LogP contribution in [0.3, 0.4) is 0 Å². The highest BCUT2D eigenvalue weighted by atomic mass is 32.2. The Bertz CT molecular complexity index is 235. The Kier molecular flexibility index (Phi) is 7.64. The van der Waals surface area contributed by atoms with Crippen LogP contribution < -0.4 is 5.32 Å². The van der Waals surface area contributed by atoms with Gasteiger partial charge < -0.3 is 14.8 Å². The summed E-state index contributed by atoms with van der Waals surface area (Å²) in [6.45, 7) is 7.21. The normalized spacial score (nSPS) is 22.4. The van der Waals surface area contributed by atoms with E-state index in [0.29, 0.717) is 25.9 Å². The van der Waals surface area contributed by atoms with Crippen LogP contribution in [-0.4, -0.2) is 50.4 Å². The van der Waals surface area contributed by atoms with Gasteiger partial charge in [0.25, 0.3) is 0 Å². The minimum Gasteiger partial charge on any atom is -0.382 e. The minimum atomic E-state index is 0.591. The molecule has 1 saturated heterocycles. The van der Waals surface area contributed by atoms with Gasteiger partial charge in [-0.05, 0) is 12.3 Å². The van der Waals surface area contributed by atoms with E-state index in [4.69, 9.17) is 9.47 Å². The molecule has 1 unspecified atom stereocenters. The summed E-state index contributed by atoms with van der Waals surface area (Å²) >= 11 is 1.82. The van der Waals surface area contributed by atoms with E-state index in [1.165, 1.54) is 6.42 Å². The molecule has 0 aromatic heterocycles. The van der Waals surface area contributed by atoms with Crippen LogP contribution in [0.5, 0.6) is 0 Å². The standard InChI is InChI=1S/C12H24N2O2S/c1-10(2)8-11-9-17-12(14-11)13-4-5-16-7-6-15-3/h10-11H,4-9H2,1-3H3,(H,13,14). The Hall–Kier alpha value is -0.260. The van der Waals surface area contributed by atoms with Gasteiger partial charge in [0.2, 0.25) is 0 Å². The first-order valence-corrected chi connectivity index (χ1v) is 7.21. The summed E-state index contributed by atoms with van der Waals surface area (Å²) in [5.74, 6) is 1.88. The maximum atomic E-state index is 5.36.